The molecule has 0 spiro atoms. The van der Waals surface area contributed by atoms with Gasteiger partial charge < -0.3 is 10.3 Å². The minimum atomic E-state index is 0.508. The summed E-state index contributed by atoms with van der Waals surface area (Å²) in [6.07, 6.45) is 2.46. The van der Waals surface area contributed by atoms with E-state index in [4.69, 9.17) is 10.7 Å². The molecule has 0 fully saturated rings. The number of nitrogens with zero attached hydrogens (tertiary/aromatic N) is 2. The van der Waals surface area contributed by atoms with E-state index in [2.05, 4.69) is 25.3 Å². The first-order valence-electron chi connectivity index (χ1n) is 5.92. The van der Waals surface area contributed by atoms with Gasteiger partial charge in [-0.25, -0.2) is 4.98 Å². The molecule has 1 unspecified atom stereocenters. The molecule has 0 saturated carbocycles. The predicted octanol–water partition coefficient (Wildman–Crippen LogP) is 2.15. The van der Waals surface area contributed by atoms with Crippen LogP contribution < -0.4 is 5.73 Å². The lowest BCUT2D eigenvalue weighted by atomic mass is 9.94. The van der Waals surface area contributed by atoms with Crippen LogP contribution in [0.5, 0.6) is 0 Å². The Hall–Kier alpha value is -0.830. The van der Waals surface area contributed by atoms with Crippen LogP contribution in [0.25, 0.3) is 0 Å². The summed E-state index contributed by atoms with van der Waals surface area (Å²) in [7, 11) is 0. The third-order valence-electron chi connectivity index (χ3n) is 3.34. The van der Waals surface area contributed by atoms with E-state index in [1.807, 2.05) is 0 Å². The SMILES string of the molecule is Cc1nc(C(C)C)n2c1C(CN)CCC2. The fourth-order valence-corrected chi connectivity index (χ4v) is 2.66. The third kappa shape index (κ3) is 1.69. The molecule has 3 nitrogen and oxygen atoms in total. The first-order chi connectivity index (χ1) is 7.15. The molecule has 0 radical (unpaired) electrons. The number of rotatable bonds is 2. The highest BCUT2D eigenvalue weighted by Crippen LogP contribution is 2.32. The van der Waals surface area contributed by atoms with Crippen molar-refractivity contribution >= 4 is 0 Å². The van der Waals surface area contributed by atoms with Crippen LogP contribution in [-0.4, -0.2) is 16.1 Å². The fourth-order valence-electron chi connectivity index (χ4n) is 2.66. The van der Waals surface area contributed by atoms with Crippen molar-refractivity contribution in [2.24, 2.45) is 5.73 Å². The minimum absolute atomic E-state index is 0.508. The number of hydrogen-bond acceptors (Lipinski definition) is 2. The van der Waals surface area contributed by atoms with Crippen LogP contribution in [0.3, 0.4) is 0 Å². The Balaban J connectivity index is 2.48. The van der Waals surface area contributed by atoms with Crippen molar-refractivity contribution in [3.05, 3.63) is 17.2 Å². The number of fused-ring (bicyclic) bond motifs is 1. The fraction of sp³-hybridized carbons (Fsp3) is 0.750. The van der Waals surface area contributed by atoms with Gasteiger partial charge in [0.2, 0.25) is 0 Å². The average Bonchev–Trinajstić information content (AvgIpc) is 2.56. The molecule has 0 aromatic carbocycles. The summed E-state index contributed by atoms with van der Waals surface area (Å²) in [5, 5.41) is 0. The van der Waals surface area contributed by atoms with Gasteiger partial charge in [-0.3, -0.25) is 0 Å². The summed E-state index contributed by atoms with van der Waals surface area (Å²) in [4.78, 5) is 4.70. The summed E-state index contributed by atoms with van der Waals surface area (Å²) in [6, 6.07) is 0. The van der Waals surface area contributed by atoms with Crippen molar-refractivity contribution in [3.8, 4) is 0 Å². The first kappa shape index (κ1) is 10.7. The maximum Gasteiger partial charge on any atom is 0.111 e. The Morgan fingerprint density at radius 3 is 2.87 bits per heavy atom. The smallest absolute Gasteiger partial charge is 0.111 e. The van der Waals surface area contributed by atoms with E-state index in [0.29, 0.717) is 11.8 Å². The van der Waals surface area contributed by atoms with Gasteiger partial charge >= 0.3 is 0 Å². The van der Waals surface area contributed by atoms with Crippen LogP contribution in [0, 0.1) is 6.92 Å². The lowest BCUT2D eigenvalue weighted by molar-refractivity contribution is 0.442. The van der Waals surface area contributed by atoms with E-state index in [9.17, 15) is 0 Å². The van der Waals surface area contributed by atoms with Crippen LogP contribution in [0.1, 0.15) is 55.7 Å². The molecule has 0 bridgehead atoms. The second kappa shape index (κ2) is 3.97. The molecule has 2 rings (SSSR count). The Labute approximate surface area is 91.7 Å². The molecule has 1 aromatic rings. The van der Waals surface area contributed by atoms with Gasteiger partial charge in [-0.2, -0.15) is 0 Å². The number of aromatic nitrogens is 2. The molecule has 15 heavy (non-hydrogen) atoms. The van der Waals surface area contributed by atoms with Gasteiger partial charge in [-0.05, 0) is 19.8 Å². The summed E-state index contributed by atoms with van der Waals surface area (Å²) in [5.41, 5.74) is 8.42. The van der Waals surface area contributed by atoms with Gasteiger partial charge in [-0.15, -0.1) is 0 Å². The number of imidazole rings is 1. The molecule has 0 saturated heterocycles. The molecule has 84 valence electrons. The zero-order valence-corrected chi connectivity index (χ0v) is 9.95. The van der Waals surface area contributed by atoms with Crippen molar-refractivity contribution in [1.82, 2.24) is 9.55 Å². The van der Waals surface area contributed by atoms with Crippen LogP contribution in [-0.2, 0) is 6.54 Å². The van der Waals surface area contributed by atoms with E-state index in [0.717, 1.165) is 13.1 Å². The maximum absolute atomic E-state index is 5.83. The summed E-state index contributed by atoms with van der Waals surface area (Å²) in [6.45, 7) is 8.41. The highest BCUT2D eigenvalue weighted by Gasteiger charge is 2.25. The van der Waals surface area contributed by atoms with Crippen molar-refractivity contribution in [1.29, 1.82) is 0 Å². The van der Waals surface area contributed by atoms with E-state index >= 15 is 0 Å². The molecule has 2 N–H and O–H groups in total. The molecule has 0 amide bonds. The molecular formula is C12H21N3. The highest BCUT2D eigenvalue weighted by molar-refractivity contribution is 5.23. The third-order valence-corrected chi connectivity index (χ3v) is 3.34. The van der Waals surface area contributed by atoms with E-state index in [1.165, 1.54) is 30.1 Å². The van der Waals surface area contributed by atoms with Crippen molar-refractivity contribution in [3.63, 3.8) is 0 Å². The monoisotopic (exact) mass is 207 g/mol. The van der Waals surface area contributed by atoms with Gasteiger partial charge in [-0.1, -0.05) is 13.8 Å². The lowest BCUT2D eigenvalue weighted by Gasteiger charge is -2.25. The Bertz CT molecular complexity index is 352. The second-order valence-corrected chi connectivity index (χ2v) is 4.82. The van der Waals surface area contributed by atoms with Gasteiger partial charge in [0.1, 0.15) is 5.82 Å². The Kier molecular flexibility index (Phi) is 2.83. The number of nitrogens with two attached hydrogens (primary N) is 1. The largest absolute Gasteiger partial charge is 0.331 e. The molecule has 3 heteroatoms. The number of hydrogen-bond donors (Lipinski definition) is 1. The normalized spacial score (nSPS) is 20.7. The zero-order valence-electron chi connectivity index (χ0n) is 9.95. The maximum atomic E-state index is 5.83. The summed E-state index contributed by atoms with van der Waals surface area (Å²) >= 11 is 0. The molecule has 1 atom stereocenters. The Morgan fingerprint density at radius 1 is 1.53 bits per heavy atom. The lowest BCUT2D eigenvalue weighted by Crippen LogP contribution is -2.23. The molecule has 2 heterocycles. The van der Waals surface area contributed by atoms with Crippen molar-refractivity contribution in [2.45, 2.75) is 52.0 Å². The molecular weight excluding hydrogens is 186 g/mol. The molecule has 0 aliphatic carbocycles. The summed E-state index contributed by atoms with van der Waals surface area (Å²) in [5.74, 6) is 2.27. The highest BCUT2D eigenvalue weighted by atomic mass is 15.1. The van der Waals surface area contributed by atoms with Gasteiger partial charge in [0.15, 0.2) is 0 Å². The van der Waals surface area contributed by atoms with E-state index < -0.39 is 0 Å². The molecule has 1 aromatic heterocycles. The van der Waals surface area contributed by atoms with Crippen LogP contribution in [0.15, 0.2) is 0 Å². The quantitative estimate of drug-likeness (QED) is 0.807. The molecule has 1 aliphatic rings. The minimum Gasteiger partial charge on any atom is -0.331 e. The van der Waals surface area contributed by atoms with Gasteiger partial charge in [0, 0.05) is 30.6 Å². The standard InChI is InChI=1S/C12H21N3/c1-8(2)12-14-9(3)11-10(7-13)5-4-6-15(11)12/h8,10H,4-7,13H2,1-3H3. The van der Waals surface area contributed by atoms with E-state index in [-0.39, 0.29) is 0 Å². The topological polar surface area (TPSA) is 43.8 Å². The van der Waals surface area contributed by atoms with Crippen LogP contribution in [0.2, 0.25) is 0 Å². The average molecular weight is 207 g/mol. The predicted molar refractivity (Wildman–Crippen MR) is 62.1 cm³/mol. The van der Waals surface area contributed by atoms with Crippen LogP contribution in [0.4, 0.5) is 0 Å². The van der Waals surface area contributed by atoms with Crippen LogP contribution >= 0.6 is 0 Å². The summed E-state index contributed by atoms with van der Waals surface area (Å²) < 4.78 is 2.40. The number of aryl methyl sites for hydroxylation is 1. The van der Waals surface area contributed by atoms with Gasteiger partial charge in [0.05, 0.1) is 5.69 Å². The zero-order chi connectivity index (χ0) is 11.0. The second-order valence-electron chi connectivity index (χ2n) is 4.82. The Morgan fingerprint density at radius 2 is 2.27 bits per heavy atom. The first-order valence-corrected chi connectivity index (χ1v) is 5.92. The van der Waals surface area contributed by atoms with Crippen molar-refractivity contribution < 1.29 is 0 Å². The van der Waals surface area contributed by atoms with Gasteiger partial charge in [0.25, 0.3) is 0 Å². The van der Waals surface area contributed by atoms with Crippen molar-refractivity contribution in [2.75, 3.05) is 6.54 Å². The molecule has 1 aliphatic heterocycles. The van der Waals surface area contributed by atoms with E-state index in [1.54, 1.807) is 0 Å².